The van der Waals surface area contributed by atoms with Gasteiger partial charge >= 0.3 is 0 Å². The smallest absolute Gasteiger partial charge is 0.207 e. The molecule has 16 heavy (non-hydrogen) atoms. The molecule has 0 fully saturated rings. The summed E-state index contributed by atoms with van der Waals surface area (Å²) in [5, 5.41) is 0.994. The highest BCUT2D eigenvalue weighted by atomic mass is 19.1. The molecule has 0 saturated carbocycles. The Hall–Kier alpha value is -2.03. The van der Waals surface area contributed by atoms with Gasteiger partial charge in [0, 0.05) is 29.7 Å². The lowest BCUT2D eigenvalue weighted by atomic mass is 10.1. The molecule has 0 spiro atoms. The third-order valence-electron chi connectivity index (χ3n) is 2.62. The van der Waals surface area contributed by atoms with Gasteiger partial charge in [0.15, 0.2) is 12.4 Å². The molecule has 0 N–H and O–H groups in total. The summed E-state index contributed by atoms with van der Waals surface area (Å²) in [6.07, 6.45) is 3.56. The molecule has 0 saturated heterocycles. The van der Waals surface area contributed by atoms with Gasteiger partial charge in [0.25, 0.3) is 0 Å². The number of halogens is 2. The third kappa shape index (κ3) is 1.33. The van der Waals surface area contributed by atoms with Crippen LogP contribution in [-0.4, -0.2) is 0 Å². The lowest BCUT2D eigenvalue weighted by molar-refractivity contribution is -0.510. The van der Waals surface area contributed by atoms with E-state index in [4.69, 9.17) is 0 Å². The van der Waals surface area contributed by atoms with E-state index in [0.29, 0.717) is 10.8 Å². The van der Waals surface area contributed by atoms with Crippen LogP contribution >= 0.6 is 0 Å². The quantitative estimate of drug-likeness (QED) is 0.402. The van der Waals surface area contributed by atoms with Crippen LogP contribution in [0.3, 0.4) is 0 Å². The minimum Gasteiger partial charge on any atom is -0.207 e. The zero-order valence-corrected chi connectivity index (χ0v) is 8.32. The molecule has 0 aliphatic carbocycles. The molecule has 2 aromatic heterocycles. The predicted molar refractivity (Wildman–Crippen MR) is 57.0 cm³/mol. The minimum absolute atomic E-state index is 0.438. The second-order valence-electron chi connectivity index (χ2n) is 3.70. The van der Waals surface area contributed by atoms with Gasteiger partial charge in [-0.3, -0.25) is 0 Å². The highest BCUT2D eigenvalue weighted by molar-refractivity contribution is 5.84. The zero-order valence-electron chi connectivity index (χ0n) is 8.32. The van der Waals surface area contributed by atoms with Crippen LogP contribution in [0, 0.1) is 11.6 Å². The number of hydrogen-bond acceptors (Lipinski definition) is 0. The Morgan fingerprint density at radius 2 is 1.88 bits per heavy atom. The van der Waals surface area contributed by atoms with Crippen LogP contribution in [0.2, 0.25) is 0 Å². The second-order valence-corrected chi connectivity index (χ2v) is 3.70. The monoisotopic (exact) mass is 216 g/mol. The summed E-state index contributed by atoms with van der Waals surface area (Å²) in [5.74, 6) is -1.08. The number of benzene rings is 1. The fourth-order valence-corrected chi connectivity index (χ4v) is 1.87. The van der Waals surface area contributed by atoms with Crippen molar-refractivity contribution in [3.05, 3.63) is 60.4 Å². The molecule has 1 aromatic carbocycles. The van der Waals surface area contributed by atoms with Crippen LogP contribution < -0.4 is 4.40 Å². The van der Waals surface area contributed by atoms with E-state index in [1.807, 2.05) is 28.8 Å². The predicted octanol–water partition coefficient (Wildman–Crippen LogP) is 2.86. The molecule has 0 aliphatic heterocycles. The Morgan fingerprint density at radius 3 is 2.75 bits per heavy atom. The Morgan fingerprint density at radius 1 is 1.00 bits per heavy atom. The first kappa shape index (κ1) is 9.21. The summed E-state index contributed by atoms with van der Waals surface area (Å²) in [6, 6.07) is 9.57. The van der Waals surface area contributed by atoms with E-state index in [1.165, 1.54) is 6.07 Å². The van der Waals surface area contributed by atoms with Crippen LogP contribution in [-0.2, 0) is 0 Å². The van der Waals surface area contributed by atoms with Crippen molar-refractivity contribution in [2.45, 2.75) is 0 Å². The van der Waals surface area contributed by atoms with Gasteiger partial charge in [0.05, 0.1) is 5.39 Å². The number of pyridine rings is 2. The summed E-state index contributed by atoms with van der Waals surface area (Å²) in [6.45, 7) is 0. The summed E-state index contributed by atoms with van der Waals surface area (Å²) >= 11 is 0. The van der Waals surface area contributed by atoms with Crippen molar-refractivity contribution in [2.24, 2.45) is 0 Å². The van der Waals surface area contributed by atoms with Gasteiger partial charge in [-0.25, -0.2) is 8.78 Å². The topological polar surface area (TPSA) is 4.10 Å². The van der Waals surface area contributed by atoms with E-state index < -0.39 is 11.6 Å². The maximum atomic E-state index is 13.5. The molecule has 78 valence electrons. The fourth-order valence-electron chi connectivity index (χ4n) is 1.87. The van der Waals surface area contributed by atoms with E-state index in [2.05, 4.69) is 0 Å². The second kappa shape index (κ2) is 3.23. The summed E-state index contributed by atoms with van der Waals surface area (Å²) in [7, 11) is 0. The molecule has 0 bridgehead atoms. The number of hydrogen-bond donors (Lipinski definition) is 0. The standard InChI is InChI=1S/C13H8F2N/c14-10-5-9-8-16-4-2-1-3-11(16)7-12(9)13(15)6-10/h1-8H/q+1. The Bertz CT molecular complexity index is 692. The van der Waals surface area contributed by atoms with Gasteiger partial charge in [-0.2, -0.15) is 4.40 Å². The number of nitrogens with zero attached hydrogens (tertiary/aromatic N) is 1. The van der Waals surface area contributed by atoms with Gasteiger partial charge in [-0.1, -0.05) is 0 Å². The maximum absolute atomic E-state index is 13.5. The van der Waals surface area contributed by atoms with Gasteiger partial charge in [-0.15, -0.1) is 0 Å². The molecule has 1 nitrogen and oxygen atoms in total. The first-order valence-corrected chi connectivity index (χ1v) is 4.93. The fraction of sp³-hybridized carbons (Fsp3) is 0. The highest BCUT2D eigenvalue weighted by Crippen LogP contribution is 2.19. The minimum atomic E-state index is -0.555. The summed E-state index contributed by atoms with van der Waals surface area (Å²) in [4.78, 5) is 0. The largest absolute Gasteiger partial charge is 0.211 e. The van der Waals surface area contributed by atoms with Crippen LogP contribution in [0.1, 0.15) is 0 Å². The van der Waals surface area contributed by atoms with Gasteiger partial charge in [0.1, 0.15) is 11.6 Å². The Balaban J connectivity index is 2.51. The van der Waals surface area contributed by atoms with E-state index in [9.17, 15) is 8.78 Å². The van der Waals surface area contributed by atoms with Crippen molar-refractivity contribution in [1.29, 1.82) is 0 Å². The number of aromatic nitrogens is 1. The molecule has 0 aliphatic rings. The Labute approximate surface area is 90.6 Å². The van der Waals surface area contributed by atoms with E-state index >= 15 is 0 Å². The maximum Gasteiger partial charge on any atom is 0.211 e. The first-order chi connectivity index (χ1) is 7.74. The van der Waals surface area contributed by atoms with E-state index in [1.54, 1.807) is 12.3 Å². The van der Waals surface area contributed by atoms with Crippen LogP contribution in [0.15, 0.2) is 48.8 Å². The molecule has 3 heteroatoms. The van der Waals surface area contributed by atoms with Crippen LogP contribution in [0.25, 0.3) is 16.3 Å². The van der Waals surface area contributed by atoms with E-state index in [0.717, 1.165) is 11.6 Å². The molecule has 3 rings (SSSR count). The average Bonchev–Trinajstić information content (AvgIpc) is 2.27. The van der Waals surface area contributed by atoms with Gasteiger partial charge < -0.3 is 0 Å². The lowest BCUT2D eigenvalue weighted by Gasteiger charge is -1.98. The molecular weight excluding hydrogens is 208 g/mol. The van der Waals surface area contributed by atoms with Crippen molar-refractivity contribution >= 4 is 16.3 Å². The van der Waals surface area contributed by atoms with Crippen molar-refractivity contribution in [3.8, 4) is 0 Å². The summed E-state index contributed by atoms with van der Waals surface area (Å²) < 4.78 is 28.4. The number of fused-ring (bicyclic) bond motifs is 2. The lowest BCUT2D eigenvalue weighted by Crippen LogP contribution is -2.19. The molecule has 2 heterocycles. The molecular formula is C13H8F2N+. The van der Waals surface area contributed by atoms with Crippen molar-refractivity contribution in [3.63, 3.8) is 0 Å². The number of rotatable bonds is 0. The Kier molecular flexibility index (Phi) is 1.86. The zero-order chi connectivity index (χ0) is 11.1. The molecule has 3 aromatic rings. The average molecular weight is 216 g/mol. The molecule has 0 radical (unpaired) electrons. The van der Waals surface area contributed by atoms with Gasteiger partial charge in [-0.05, 0) is 12.1 Å². The SMILES string of the molecule is Fc1cc(F)c2cc3cccc[n+]3cc2c1. The van der Waals surface area contributed by atoms with Crippen molar-refractivity contribution in [1.82, 2.24) is 0 Å². The third-order valence-corrected chi connectivity index (χ3v) is 2.62. The first-order valence-electron chi connectivity index (χ1n) is 4.93. The van der Waals surface area contributed by atoms with Crippen LogP contribution in [0.5, 0.6) is 0 Å². The normalized spacial score (nSPS) is 11.1. The highest BCUT2D eigenvalue weighted by Gasteiger charge is 2.09. The van der Waals surface area contributed by atoms with Crippen molar-refractivity contribution in [2.75, 3.05) is 0 Å². The molecule has 0 atom stereocenters. The van der Waals surface area contributed by atoms with E-state index in [-0.39, 0.29) is 0 Å². The van der Waals surface area contributed by atoms with Crippen LogP contribution in [0.4, 0.5) is 8.78 Å². The summed E-state index contributed by atoms with van der Waals surface area (Å²) in [5.41, 5.74) is 0.875. The van der Waals surface area contributed by atoms with Gasteiger partial charge in [0.2, 0.25) is 5.52 Å². The molecule has 0 amide bonds. The molecule has 0 unspecified atom stereocenters. The van der Waals surface area contributed by atoms with Crippen molar-refractivity contribution < 1.29 is 13.2 Å².